The van der Waals surface area contributed by atoms with Crippen molar-refractivity contribution in [1.29, 1.82) is 5.26 Å². The Balaban J connectivity index is 2.00. The SMILES string of the molecule is CCCOCc1ccc(C(=O)Oc2ccc(C#N)c(F)c2)cc1. The molecule has 0 radical (unpaired) electrons. The third-order valence-corrected chi connectivity index (χ3v) is 3.08. The number of carbonyl (C=O) groups is 1. The van der Waals surface area contributed by atoms with Crippen LogP contribution >= 0.6 is 0 Å². The molecule has 0 aromatic heterocycles. The van der Waals surface area contributed by atoms with Gasteiger partial charge in [0.15, 0.2) is 0 Å². The van der Waals surface area contributed by atoms with E-state index < -0.39 is 11.8 Å². The Morgan fingerprint density at radius 2 is 1.96 bits per heavy atom. The monoisotopic (exact) mass is 313 g/mol. The average molecular weight is 313 g/mol. The van der Waals surface area contributed by atoms with Crippen LogP contribution < -0.4 is 4.74 Å². The molecule has 0 unspecified atom stereocenters. The summed E-state index contributed by atoms with van der Waals surface area (Å²) in [4.78, 5) is 12.0. The van der Waals surface area contributed by atoms with Crippen LogP contribution in [0.15, 0.2) is 42.5 Å². The molecule has 23 heavy (non-hydrogen) atoms. The number of ether oxygens (including phenoxy) is 2. The van der Waals surface area contributed by atoms with E-state index in [1.165, 1.54) is 12.1 Å². The molecule has 0 saturated carbocycles. The van der Waals surface area contributed by atoms with E-state index in [0.29, 0.717) is 18.8 Å². The van der Waals surface area contributed by atoms with Crippen LogP contribution in [0.2, 0.25) is 0 Å². The molecule has 0 aliphatic heterocycles. The first-order valence-electron chi connectivity index (χ1n) is 7.22. The fourth-order valence-corrected chi connectivity index (χ4v) is 1.89. The molecule has 0 saturated heterocycles. The number of rotatable bonds is 6. The Morgan fingerprint density at radius 3 is 2.57 bits per heavy atom. The van der Waals surface area contributed by atoms with Gasteiger partial charge in [0.1, 0.15) is 17.6 Å². The number of esters is 1. The van der Waals surface area contributed by atoms with E-state index in [2.05, 4.69) is 0 Å². The van der Waals surface area contributed by atoms with Crippen molar-refractivity contribution in [3.05, 3.63) is 65.0 Å². The molecule has 2 aromatic carbocycles. The van der Waals surface area contributed by atoms with Gasteiger partial charge in [0, 0.05) is 12.7 Å². The molecule has 0 amide bonds. The largest absolute Gasteiger partial charge is 0.423 e. The minimum absolute atomic E-state index is 0.0573. The van der Waals surface area contributed by atoms with E-state index >= 15 is 0 Å². The number of hydrogen-bond donors (Lipinski definition) is 0. The molecule has 118 valence electrons. The second-order valence-electron chi connectivity index (χ2n) is 4.89. The highest BCUT2D eigenvalue weighted by molar-refractivity contribution is 5.91. The maximum absolute atomic E-state index is 13.5. The van der Waals surface area contributed by atoms with Crippen LogP contribution in [-0.4, -0.2) is 12.6 Å². The second kappa shape index (κ2) is 8.06. The molecule has 0 atom stereocenters. The molecule has 0 aliphatic carbocycles. The molecule has 2 rings (SSSR count). The van der Waals surface area contributed by atoms with Gasteiger partial charge in [0.05, 0.1) is 17.7 Å². The second-order valence-corrected chi connectivity index (χ2v) is 4.89. The minimum Gasteiger partial charge on any atom is -0.423 e. The van der Waals surface area contributed by atoms with E-state index in [0.717, 1.165) is 18.1 Å². The Morgan fingerprint density at radius 1 is 1.22 bits per heavy atom. The predicted octanol–water partition coefficient (Wildman–Crippen LogP) is 3.84. The van der Waals surface area contributed by atoms with Gasteiger partial charge in [-0.05, 0) is 36.2 Å². The van der Waals surface area contributed by atoms with E-state index in [4.69, 9.17) is 14.7 Å². The fraction of sp³-hybridized carbons (Fsp3) is 0.222. The summed E-state index contributed by atoms with van der Waals surface area (Å²) in [6, 6.07) is 12.2. The first kappa shape index (κ1) is 16.7. The highest BCUT2D eigenvalue weighted by atomic mass is 19.1. The molecule has 5 heteroatoms. The Hall–Kier alpha value is -2.71. The maximum Gasteiger partial charge on any atom is 0.343 e. The first-order valence-corrected chi connectivity index (χ1v) is 7.22. The van der Waals surface area contributed by atoms with Crippen molar-refractivity contribution in [2.45, 2.75) is 20.0 Å². The number of carbonyl (C=O) groups excluding carboxylic acids is 1. The lowest BCUT2D eigenvalue weighted by Gasteiger charge is -2.06. The number of halogens is 1. The third kappa shape index (κ3) is 4.63. The van der Waals surface area contributed by atoms with Crippen molar-refractivity contribution in [3.8, 4) is 11.8 Å². The van der Waals surface area contributed by atoms with Gasteiger partial charge in [-0.15, -0.1) is 0 Å². The van der Waals surface area contributed by atoms with Gasteiger partial charge in [0.2, 0.25) is 0 Å². The number of hydrogen-bond acceptors (Lipinski definition) is 4. The molecule has 0 heterocycles. The molecular formula is C18H16FNO3. The zero-order chi connectivity index (χ0) is 16.7. The fourth-order valence-electron chi connectivity index (χ4n) is 1.89. The number of benzene rings is 2. The highest BCUT2D eigenvalue weighted by Crippen LogP contribution is 2.18. The van der Waals surface area contributed by atoms with E-state index in [1.807, 2.05) is 6.92 Å². The molecule has 4 nitrogen and oxygen atoms in total. The van der Waals surface area contributed by atoms with Crippen molar-refractivity contribution in [1.82, 2.24) is 0 Å². The summed E-state index contributed by atoms with van der Waals surface area (Å²) in [6.45, 7) is 3.21. The van der Waals surface area contributed by atoms with E-state index in [9.17, 15) is 9.18 Å². The summed E-state index contributed by atoms with van der Waals surface area (Å²) in [5.74, 6) is -1.25. The topological polar surface area (TPSA) is 59.3 Å². The highest BCUT2D eigenvalue weighted by Gasteiger charge is 2.10. The van der Waals surface area contributed by atoms with Crippen LogP contribution in [0.3, 0.4) is 0 Å². The lowest BCUT2D eigenvalue weighted by molar-refractivity contribution is 0.0734. The minimum atomic E-state index is -0.721. The Kier molecular flexibility index (Phi) is 5.84. The van der Waals surface area contributed by atoms with Crippen LogP contribution in [0.5, 0.6) is 5.75 Å². The summed E-state index contributed by atoms with van der Waals surface area (Å²) in [7, 11) is 0. The lowest BCUT2D eigenvalue weighted by Crippen LogP contribution is -2.09. The quantitative estimate of drug-likeness (QED) is 0.462. The normalized spacial score (nSPS) is 10.1. The van der Waals surface area contributed by atoms with Gasteiger partial charge in [-0.3, -0.25) is 0 Å². The Labute approximate surface area is 134 Å². The zero-order valence-electron chi connectivity index (χ0n) is 12.7. The first-order chi connectivity index (χ1) is 11.1. The molecule has 0 N–H and O–H groups in total. The summed E-state index contributed by atoms with van der Waals surface area (Å²) < 4.78 is 24.0. The smallest absolute Gasteiger partial charge is 0.343 e. The summed E-state index contributed by atoms with van der Waals surface area (Å²) in [6.07, 6.45) is 0.950. The van der Waals surface area contributed by atoms with Crippen LogP contribution in [0.1, 0.15) is 34.8 Å². The lowest BCUT2D eigenvalue weighted by atomic mass is 10.1. The maximum atomic E-state index is 13.5. The third-order valence-electron chi connectivity index (χ3n) is 3.08. The summed E-state index contributed by atoms with van der Waals surface area (Å²) in [5, 5.41) is 8.66. The van der Waals surface area contributed by atoms with Crippen molar-refractivity contribution in [2.75, 3.05) is 6.61 Å². The number of nitriles is 1. The van der Waals surface area contributed by atoms with Gasteiger partial charge in [-0.25, -0.2) is 9.18 Å². The molecule has 0 spiro atoms. The molecule has 0 aliphatic rings. The Bertz CT molecular complexity index is 720. The average Bonchev–Trinajstić information content (AvgIpc) is 2.56. The van der Waals surface area contributed by atoms with Crippen LogP contribution in [-0.2, 0) is 11.3 Å². The van der Waals surface area contributed by atoms with Crippen molar-refractivity contribution in [2.24, 2.45) is 0 Å². The molecular weight excluding hydrogens is 297 g/mol. The van der Waals surface area contributed by atoms with Crippen molar-refractivity contribution < 1.29 is 18.7 Å². The molecule has 0 fully saturated rings. The molecule has 2 aromatic rings. The number of nitrogens with zero attached hydrogens (tertiary/aromatic N) is 1. The van der Waals surface area contributed by atoms with Crippen molar-refractivity contribution in [3.63, 3.8) is 0 Å². The zero-order valence-corrected chi connectivity index (χ0v) is 12.7. The molecule has 0 bridgehead atoms. The standard InChI is InChI=1S/C18H16FNO3/c1-2-9-22-12-13-3-5-14(6-4-13)18(21)23-16-8-7-15(11-20)17(19)10-16/h3-8,10H,2,9,12H2,1H3. The van der Waals surface area contributed by atoms with Gasteiger partial charge >= 0.3 is 5.97 Å². The van der Waals surface area contributed by atoms with Crippen LogP contribution in [0.4, 0.5) is 4.39 Å². The summed E-state index contributed by atoms with van der Waals surface area (Å²) >= 11 is 0. The van der Waals surface area contributed by atoms with Crippen LogP contribution in [0, 0.1) is 17.1 Å². The summed E-state index contributed by atoms with van der Waals surface area (Å²) in [5.41, 5.74) is 1.22. The van der Waals surface area contributed by atoms with Gasteiger partial charge < -0.3 is 9.47 Å². The predicted molar refractivity (Wildman–Crippen MR) is 82.5 cm³/mol. The van der Waals surface area contributed by atoms with Gasteiger partial charge in [-0.1, -0.05) is 19.1 Å². The van der Waals surface area contributed by atoms with Gasteiger partial charge in [-0.2, -0.15) is 5.26 Å². The van der Waals surface area contributed by atoms with Crippen LogP contribution in [0.25, 0.3) is 0 Å². The van der Waals surface area contributed by atoms with E-state index in [-0.39, 0.29) is 11.3 Å². The van der Waals surface area contributed by atoms with Gasteiger partial charge in [0.25, 0.3) is 0 Å². The van der Waals surface area contributed by atoms with E-state index in [1.54, 1.807) is 30.3 Å². The van der Waals surface area contributed by atoms with Crippen molar-refractivity contribution >= 4 is 5.97 Å².